The summed E-state index contributed by atoms with van der Waals surface area (Å²) in [6.45, 7) is 0. The fourth-order valence-electron chi connectivity index (χ4n) is 2.50. The molecule has 19 heavy (non-hydrogen) atoms. The lowest BCUT2D eigenvalue weighted by Gasteiger charge is -2.14. The van der Waals surface area contributed by atoms with E-state index in [0.717, 1.165) is 37.3 Å². The molecule has 1 unspecified atom stereocenters. The van der Waals surface area contributed by atoms with Crippen LogP contribution < -0.4 is 11.5 Å². The highest BCUT2D eigenvalue weighted by Crippen LogP contribution is 2.24. The van der Waals surface area contributed by atoms with Gasteiger partial charge in [0.1, 0.15) is 11.6 Å². The van der Waals surface area contributed by atoms with E-state index >= 15 is 0 Å². The topological polar surface area (TPSA) is 103 Å². The third kappa shape index (κ3) is 2.65. The summed E-state index contributed by atoms with van der Waals surface area (Å²) in [7, 11) is 0. The molecule has 3 heterocycles. The number of aromatic amines is 1. The average molecular weight is 286 g/mol. The van der Waals surface area contributed by atoms with Gasteiger partial charge in [0.2, 0.25) is 0 Å². The lowest BCUT2D eigenvalue weighted by atomic mass is 10.1. The van der Waals surface area contributed by atoms with E-state index in [9.17, 15) is 4.79 Å². The average Bonchev–Trinajstić information content (AvgIpc) is 2.84. The summed E-state index contributed by atoms with van der Waals surface area (Å²) >= 11 is 0. The molecule has 0 radical (unpaired) electrons. The Morgan fingerprint density at radius 2 is 2.37 bits per heavy atom. The first-order valence-corrected chi connectivity index (χ1v) is 6.11. The number of hydrogen-bond donors (Lipinski definition) is 2. The fraction of sp³-hybridized carbons (Fsp3) is 0.545. The number of nitrogens with two attached hydrogens (primary N) is 1. The van der Waals surface area contributed by atoms with Gasteiger partial charge in [-0.2, -0.15) is 0 Å². The van der Waals surface area contributed by atoms with Crippen molar-refractivity contribution in [3.63, 3.8) is 0 Å². The van der Waals surface area contributed by atoms with Crippen LogP contribution in [0.1, 0.15) is 37.0 Å². The summed E-state index contributed by atoms with van der Waals surface area (Å²) in [4.78, 5) is 18.9. The molecule has 0 aromatic carbocycles. The van der Waals surface area contributed by atoms with Gasteiger partial charge in [0, 0.05) is 25.1 Å². The molecule has 1 aliphatic rings. The lowest BCUT2D eigenvalue weighted by Crippen LogP contribution is -2.23. The molecule has 0 saturated carbocycles. The zero-order chi connectivity index (χ0) is 12.5. The maximum atomic E-state index is 11.7. The molecule has 104 valence electrons. The van der Waals surface area contributed by atoms with Crippen LogP contribution in [0.15, 0.2) is 15.5 Å². The monoisotopic (exact) mass is 285 g/mol. The number of halogens is 1. The van der Waals surface area contributed by atoms with Crippen LogP contribution in [0.2, 0.25) is 0 Å². The maximum Gasteiger partial charge on any atom is 0.441 e. The highest BCUT2D eigenvalue weighted by Gasteiger charge is 2.24. The number of hydrogen-bond acceptors (Lipinski definition) is 5. The van der Waals surface area contributed by atoms with Crippen LogP contribution >= 0.6 is 12.4 Å². The smallest absolute Gasteiger partial charge is 0.382 e. The van der Waals surface area contributed by atoms with Crippen molar-refractivity contribution in [2.24, 2.45) is 0 Å². The first kappa shape index (κ1) is 13.7. The molecule has 3 N–H and O–H groups in total. The second-order valence-corrected chi connectivity index (χ2v) is 4.61. The second kappa shape index (κ2) is 5.48. The van der Waals surface area contributed by atoms with Crippen molar-refractivity contribution >= 4 is 18.2 Å². The molecular weight excluding hydrogens is 270 g/mol. The third-order valence-corrected chi connectivity index (χ3v) is 3.34. The molecule has 3 rings (SSSR count). The van der Waals surface area contributed by atoms with E-state index < -0.39 is 0 Å². The molecule has 0 spiro atoms. The standard InChI is InChI=1S/C11H15N5O2.ClH/c12-8-6-13-9(14-8)5-7-3-1-2-4-10-15-18-11(17)16(7)10;/h6-7H,1-5,12H2,(H,13,14);1H. The number of nitrogen functional groups attached to an aromatic ring is 1. The first-order chi connectivity index (χ1) is 8.74. The minimum Gasteiger partial charge on any atom is -0.382 e. The molecule has 8 heteroatoms. The molecule has 7 nitrogen and oxygen atoms in total. The minimum absolute atomic E-state index is 0. The predicted molar refractivity (Wildman–Crippen MR) is 71.3 cm³/mol. The van der Waals surface area contributed by atoms with Crippen LogP contribution in [-0.4, -0.2) is 19.7 Å². The number of aromatic nitrogens is 4. The van der Waals surface area contributed by atoms with Crippen LogP contribution in [0.3, 0.4) is 0 Å². The Balaban J connectivity index is 0.00000133. The van der Waals surface area contributed by atoms with Crippen LogP contribution in [0.25, 0.3) is 0 Å². The Labute approximate surface area is 115 Å². The quantitative estimate of drug-likeness (QED) is 0.859. The van der Waals surface area contributed by atoms with Crippen LogP contribution in [0, 0.1) is 0 Å². The number of anilines is 1. The predicted octanol–water partition coefficient (Wildman–Crippen LogP) is 1.07. The second-order valence-electron chi connectivity index (χ2n) is 4.61. The van der Waals surface area contributed by atoms with Gasteiger partial charge in [0.05, 0.1) is 0 Å². The van der Waals surface area contributed by atoms with Crippen LogP contribution in [-0.2, 0) is 12.8 Å². The number of fused-ring (bicyclic) bond motifs is 1. The molecule has 2 aromatic heterocycles. The Bertz CT molecular complexity index is 602. The van der Waals surface area contributed by atoms with Gasteiger partial charge in [0.25, 0.3) is 0 Å². The normalized spacial score (nSPS) is 18.4. The number of H-pyrrole nitrogens is 1. The van der Waals surface area contributed by atoms with Gasteiger partial charge in [-0.15, -0.1) is 12.4 Å². The highest BCUT2D eigenvalue weighted by atomic mass is 35.5. The Morgan fingerprint density at radius 3 is 3.11 bits per heavy atom. The summed E-state index contributed by atoms with van der Waals surface area (Å²) in [5, 5.41) is 3.83. The number of nitrogens with zero attached hydrogens (tertiary/aromatic N) is 3. The van der Waals surface area contributed by atoms with Crippen LogP contribution in [0.4, 0.5) is 5.82 Å². The maximum absolute atomic E-state index is 11.7. The molecule has 1 aliphatic heterocycles. The van der Waals surface area contributed by atoms with Crippen molar-refractivity contribution in [1.29, 1.82) is 0 Å². The third-order valence-electron chi connectivity index (χ3n) is 3.34. The van der Waals surface area contributed by atoms with Crippen molar-refractivity contribution in [2.75, 3.05) is 5.73 Å². The molecule has 0 bridgehead atoms. The van der Waals surface area contributed by atoms with E-state index in [4.69, 9.17) is 10.3 Å². The van der Waals surface area contributed by atoms with Gasteiger partial charge < -0.3 is 10.7 Å². The lowest BCUT2D eigenvalue weighted by molar-refractivity contribution is 0.351. The van der Waals surface area contributed by atoms with Crippen molar-refractivity contribution in [3.8, 4) is 0 Å². The van der Waals surface area contributed by atoms with Gasteiger partial charge in [-0.1, -0.05) is 11.6 Å². The Kier molecular flexibility index (Phi) is 3.94. The minimum atomic E-state index is -0.378. The number of aryl methyl sites for hydroxylation is 1. The summed E-state index contributed by atoms with van der Waals surface area (Å²) < 4.78 is 6.41. The molecule has 0 saturated heterocycles. The van der Waals surface area contributed by atoms with E-state index in [-0.39, 0.29) is 24.2 Å². The van der Waals surface area contributed by atoms with Crippen LogP contribution in [0.5, 0.6) is 0 Å². The Hall–Kier alpha value is -1.76. The molecule has 0 aliphatic carbocycles. The van der Waals surface area contributed by atoms with Crippen molar-refractivity contribution in [3.05, 3.63) is 28.4 Å². The van der Waals surface area contributed by atoms with Gasteiger partial charge in [-0.3, -0.25) is 9.09 Å². The number of imidazole rings is 1. The van der Waals surface area contributed by atoms with Gasteiger partial charge in [-0.05, 0) is 12.8 Å². The van der Waals surface area contributed by atoms with Gasteiger partial charge >= 0.3 is 5.76 Å². The number of nitrogens with one attached hydrogen (secondary N) is 1. The van der Waals surface area contributed by atoms with E-state index in [1.54, 1.807) is 10.8 Å². The van der Waals surface area contributed by atoms with E-state index in [1.165, 1.54) is 0 Å². The summed E-state index contributed by atoms with van der Waals surface area (Å²) in [5.74, 6) is 1.62. The molecule has 0 fully saturated rings. The van der Waals surface area contributed by atoms with Crippen molar-refractivity contribution in [2.45, 2.75) is 38.1 Å². The SMILES string of the molecule is Cl.Nc1c[nH]c(CC2CCCCc3noc(=O)n32)n1. The van der Waals surface area contributed by atoms with Crippen molar-refractivity contribution in [1.82, 2.24) is 19.7 Å². The summed E-state index contributed by atoms with van der Waals surface area (Å²) in [6, 6.07) is 0.0480. The molecule has 2 aromatic rings. The first-order valence-electron chi connectivity index (χ1n) is 6.11. The van der Waals surface area contributed by atoms with Crippen molar-refractivity contribution < 1.29 is 4.52 Å². The Morgan fingerprint density at radius 1 is 1.53 bits per heavy atom. The highest BCUT2D eigenvalue weighted by molar-refractivity contribution is 5.85. The largest absolute Gasteiger partial charge is 0.441 e. The molecule has 0 amide bonds. The van der Waals surface area contributed by atoms with Gasteiger partial charge in [-0.25, -0.2) is 9.78 Å². The van der Waals surface area contributed by atoms with Gasteiger partial charge in [0.15, 0.2) is 5.82 Å². The summed E-state index contributed by atoms with van der Waals surface area (Å²) in [6.07, 6.45) is 6.12. The van der Waals surface area contributed by atoms with E-state index in [1.807, 2.05) is 0 Å². The zero-order valence-electron chi connectivity index (χ0n) is 10.3. The molecular formula is C11H16ClN5O2. The fourth-order valence-corrected chi connectivity index (χ4v) is 2.50. The summed E-state index contributed by atoms with van der Waals surface area (Å²) in [5.41, 5.74) is 5.58. The van der Waals surface area contributed by atoms with E-state index in [0.29, 0.717) is 12.2 Å². The zero-order valence-corrected chi connectivity index (χ0v) is 11.2. The molecule has 1 atom stereocenters. The number of rotatable bonds is 2. The van der Waals surface area contributed by atoms with E-state index in [2.05, 4.69) is 15.1 Å².